The van der Waals surface area contributed by atoms with E-state index in [-0.39, 0.29) is 11.4 Å². The summed E-state index contributed by atoms with van der Waals surface area (Å²) in [7, 11) is 0. The molecule has 0 saturated carbocycles. The number of carbonyl (C=O) groups is 2. The first-order chi connectivity index (χ1) is 8.81. The van der Waals surface area contributed by atoms with Crippen molar-refractivity contribution in [3.63, 3.8) is 0 Å². The average molecular weight is 266 g/mol. The topological polar surface area (TPSA) is 130 Å². The molecule has 0 amide bonds. The molecular formula is C11H10N2O6. The molecule has 0 aliphatic heterocycles. The minimum Gasteiger partial charge on any atom is -0.478 e. The first-order valence-electron chi connectivity index (χ1n) is 5.01. The largest absolute Gasteiger partial charge is 0.478 e. The summed E-state index contributed by atoms with van der Waals surface area (Å²) >= 11 is 0. The first-order valence-corrected chi connectivity index (χ1v) is 5.01. The van der Waals surface area contributed by atoms with Gasteiger partial charge in [-0.3, -0.25) is 10.1 Å². The van der Waals surface area contributed by atoms with Crippen molar-refractivity contribution in [1.82, 2.24) is 0 Å². The second kappa shape index (κ2) is 5.63. The molecule has 0 aromatic heterocycles. The van der Waals surface area contributed by atoms with E-state index in [1.807, 2.05) is 0 Å². The normalized spacial score (nSPS) is 10.9. The Morgan fingerprint density at radius 1 is 1.37 bits per heavy atom. The summed E-state index contributed by atoms with van der Waals surface area (Å²) in [5, 5.41) is 30.3. The summed E-state index contributed by atoms with van der Waals surface area (Å²) in [6, 6.07) is 3.75. The van der Waals surface area contributed by atoms with Gasteiger partial charge in [0.1, 0.15) is 5.70 Å². The third-order valence-corrected chi connectivity index (χ3v) is 2.19. The third kappa shape index (κ3) is 3.80. The predicted molar refractivity (Wildman–Crippen MR) is 64.8 cm³/mol. The molecule has 0 bridgehead atoms. The average Bonchev–Trinajstić information content (AvgIpc) is 2.29. The quantitative estimate of drug-likeness (QED) is 0.416. The van der Waals surface area contributed by atoms with Crippen LogP contribution in [-0.2, 0) is 9.59 Å². The van der Waals surface area contributed by atoms with Crippen LogP contribution in [0.4, 0.5) is 11.4 Å². The molecule has 1 aromatic rings. The molecule has 0 spiro atoms. The fourth-order valence-electron chi connectivity index (χ4n) is 1.32. The first kappa shape index (κ1) is 14.2. The van der Waals surface area contributed by atoms with E-state index in [1.54, 1.807) is 0 Å². The number of nitrogens with one attached hydrogen (secondary N) is 1. The zero-order chi connectivity index (χ0) is 14.6. The van der Waals surface area contributed by atoms with E-state index in [9.17, 15) is 19.7 Å². The zero-order valence-corrected chi connectivity index (χ0v) is 9.78. The molecular weight excluding hydrogens is 256 g/mol. The number of aliphatic carboxylic acids is 2. The van der Waals surface area contributed by atoms with E-state index in [0.29, 0.717) is 11.6 Å². The Hall–Kier alpha value is -2.90. The van der Waals surface area contributed by atoms with Gasteiger partial charge in [0.2, 0.25) is 0 Å². The molecule has 1 aromatic carbocycles. The highest BCUT2D eigenvalue weighted by Gasteiger charge is 2.13. The number of non-ortho nitro benzene ring substituents is 1. The summed E-state index contributed by atoms with van der Waals surface area (Å²) in [6.07, 6.45) is 0.503. The van der Waals surface area contributed by atoms with Crippen molar-refractivity contribution in [2.75, 3.05) is 5.32 Å². The van der Waals surface area contributed by atoms with Gasteiger partial charge >= 0.3 is 11.9 Å². The number of aryl methyl sites for hydroxylation is 1. The van der Waals surface area contributed by atoms with E-state index < -0.39 is 22.6 Å². The van der Waals surface area contributed by atoms with Crippen molar-refractivity contribution >= 4 is 23.3 Å². The Morgan fingerprint density at radius 3 is 2.42 bits per heavy atom. The second-order valence-corrected chi connectivity index (χ2v) is 3.58. The van der Waals surface area contributed by atoms with Crippen LogP contribution in [0.5, 0.6) is 0 Å². The molecule has 0 atom stereocenters. The highest BCUT2D eigenvalue weighted by atomic mass is 16.6. The van der Waals surface area contributed by atoms with Crippen LogP contribution in [-0.4, -0.2) is 27.1 Å². The van der Waals surface area contributed by atoms with Crippen molar-refractivity contribution in [3.8, 4) is 0 Å². The minimum atomic E-state index is -1.44. The Balaban J connectivity index is 3.08. The van der Waals surface area contributed by atoms with Gasteiger partial charge in [0.05, 0.1) is 11.0 Å². The molecule has 0 heterocycles. The van der Waals surface area contributed by atoms with Crippen molar-refractivity contribution in [2.45, 2.75) is 6.92 Å². The Bertz CT molecular complexity index is 579. The van der Waals surface area contributed by atoms with Gasteiger partial charge in [0.25, 0.3) is 5.69 Å². The third-order valence-electron chi connectivity index (χ3n) is 2.19. The molecule has 0 unspecified atom stereocenters. The Labute approximate surface area is 107 Å². The van der Waals surface area contributed by atoms with Crippen LogP contribution in [0.3, 0.4) is 0 Å². The number of anilines is 1. The lowest BCUT2D eigenvalue weighted by Crippen LogP contribution is -2.13. The van der Waals surface area contributed by atoms with E-state index in [2.05, 4.69) is 5.32 Å². The summed E-state index contributed by atoms with van der Waals surface area (Å²) in [6.45, 7) is 1.54. The molecule has 3 N–H and O–H groups in total. The van der Waals surface area contributed by atoms with Crippen LogP contribution >= 0.6 is 0 Å². The second-order valence-electron chi connectivity index (χ2n) is 3.58. The van der Waals surface area contributed by atoms with E-state index in [0.717, 1.165) is 0 Å². The Morgan fingerprint density at radius 2 is 2.00 bits per heavy atom. The van der Waals surface area contributed by atoms with Crippen molar-refractivity contribution in [2.24, 2.45) is 0 Å². The minimum absolute atomic E-state index is 0.137. The molecule has 0 aliphatic carbocycles. The summed E-state index contributed by atoms with van der Waals surface area (Å²) < 4.78 is 0. The van der Waals surface area contributed by atoms with E-state index in [4.69, 9.17) is 10.2 Å². The van der Waals surface area contributed by atoms with Gasteiger partial charge in [-0.1, -0.05) is 0 Å². The maximum Gasteiger partial charge on any atom is 0.352 e. The molecule has 19 heavy (non-hydrogen) atoms. The SMILES string of the molecule is Cc1cc([N+](=O)[O-])ccc1NC(=CC(=O)O)C(=O)O. The molecule has 100 valence electrons. The number of rotatable bonds is 5. The number of nitro groups is 1. The van der Waals surface area contributed by atoms with Crippen molar-refractivity contribution in [3.05, 3.63) is 45.6 Å². The van der Waals surface area contributed by atoms with Crippen LogP contribution in [0.15, 0.2) is 30.0 Å². The fourth-order valence-corrected chi connectivity index (χ4v) is 1.32. The van der Waals surface area contributed by atoms with Crippen LogP contribution in [0.2, 0.25) is 0 Å². The maximum atomic E-state index is 10.8. The Kier molecular flexibility index (Phi) is 4.19. The molecule has 0 aliphatic rings. The highest BCUT2D eigenvalue weighted by Crippen LogP contribution is 2.22. The van der Waals surface area contributed by atoms with Gasteiger partial charge in [-0.2, -0.15) is 0 Å². The number of carboxylic acids is 2. The van der Waals surface area contributed by atoms with Crippen LogP contribution in [0, 0.1) is 17.0 Å². The number of hydrogen-bond acceptors (Lipinski definition) is 5. The lowest BCUT2D eigenvalue weighted by Gasteiger charge is -2.09. The van der Waals surface area contributed by atoms with Crippen LogP contribution in [0.25, 0.3) is 0 Å². The maximum absolute atomic E-state index is 10.8. The number of carboxylic acid groups (broad SMARTS) is 2. The van der Waals surface area contributed by atoms with Crippen LogP contribution < -0.4 is 5.32 Å². The molecule has 8 heteroatoms. The van der Waals surface area contributed by atoms with Gasteiger partial charge in [-0.15, -0.1) is 0 Å². The lowest BCUT2D eigenvalue weighted by molar-refractivity contribution is -0.384. The smallest absolute Gasteiger partial charge is 0.352 e. The highest BCUT2D eigenvalue weighted by molar-refractivity contribution is 5.97. The number of nitro benzene ring substituents is 1. The lowest BCUT2D eigenvalue weighted by atomic mass is 10.1. The summed E-state index contributed by atoms with van der Waals surface area (Å²) in [4.78, 5) is 31.2. The van der Waals surface area contributed by atoms with Gasteiger partial charge in [0, 0.05) is 17.8 Å². The molecule has 8 nitrogen and oxygen atoms in total. The van der Waals surface area contributed by atoms with Gasteiger partial charge in [0.15, 0.2) is 0 Å². The van der Waals surface area contributed by atoms with Gasteiger partial charge in [-0.25, -0.2) is 9.59 Å². The van der Waals surface area contributed by atoms with E-state index >= 15 is 0 Å². The predicted octanol–water partition coefficient (Wildman–Crippen LogP) is 1.37. The summed E-state index contributed by atoms with van der Waals surface area (Å²) in [5.74, 6) is -2.86. The molecule has 1 rings (SSSR count). The fraction of sp³-hybridized carbons (Fsp3) is 0.0909. The molecule has 0 fully saturated rings. The standard InChI is InChI=1S/C11H10N2O6/c1-6-4-7(13(18)19)2-3-8(6)12-9(11(16)17)5-10(14)15/h2-5,12H,1H3,(H,14,15)(H,16,17). The molecule has 0 saturated heterocycles. The van der Waals surface area contributed by atoms with Gasteiger partial charge in [-0.05, 0) is 18.6 Å². The van der Waals surface area contributed by atoms with Crippen molar-refractivity contribution < 1.29 is 24.7 Å². The van der Waals surface area contributed by atoms with Crippen LogP contribution in [0.1, 0.15) is 5.56 Å². The van der Waals surface area contributed by atoms with Crippen molar-refractivity contribution in [1.29, 1.82) is 0 Å². The summed E-state index contributed by atoms with van der Waals surface area (Å²) in [5.41, 5.74) is 0.0267. The number of benzene rings is 1. The monoisotopic (exact) mass is 266 g/mol. The molecule has 0 radical (unpaired) electrons. The number of nitrogens with zero attached hydrogens (tertiary/aromatic N) is 1. The zero-order valence-electron chi connectivity index (χ0n) is 9.78. The number of hydrogen-bond donors (Lipinski definition) is 3. The van der Waals surface area contributed by atoms with E-state index in [1.165, 1.54) is 25.1 Å². The van der Waals surface area contributed by atoms with Gasteiger partial charge < -0.3 is 15.5 Å².